The fourth-order valence-electron chi connectivity index (χ4n) is 2.68. The third-order valence-corrected chi connectivity index (χ3v) is 3.81. The summed E-state index contributed by atoms with van der Waals surface area (Å²) in [6.45, 7) is 8.57. The maximum absolute atomic E-state index is 5.78. The van der Waals surface area contributed by atoms with Crippen LogP contribution in [0.1, 0.15) is 36.2 Å². The number of hydrogen-bond acceptors (Lipinski definition) is 3. The van der Waals surface area contributed by atoms with Crippen molar-refractivity contribution in [3.05, 3.63) is 47.3 Å². The molecule has 0 radical (unpaired) electrons. The normalized spacial score (nSPS) is 12.4. The molecule has 1 unspecified atom stereocenters. The van der Waals surface area contributed by atoms with Crippen molar-refractivity contribution < 1.29 is 4.74 Å². The Morgan fingerprint density at radius 3 is 2.62 bits per heavy atom. The molecule has 114 valence electrons. The van der Waals surface area contributed by atoms with Crippen LogP contribution in [-0.4, -0.2) is 22.9 Å². The molecule has 1 aromatic carbocycles. The molecule has 0 aliphatic heterocycles. The summed E-state index contributed by atoms with van der Waals surface area (Å²) < 4.78 is 7.79. The summed E-state index contributed by atoms with van der Waals surface area (Å²) in [6.07, 6.45) is 0.938. The Labute approximate surface area is 126 Å². The number of benzene rings is 1. The molecule has 4 nitrogen and oxygen atoms in total. The summed E-state index contributed by atoms with van der Waals surface area (Å²) >= 11 is 0. The highest BCUT2D eigenvalue weighted by Gasteiger charge is 2.16. The lowest BCUT2D eigenvalue weighted by atomic mass is 9.99. The van der Waals surface area contributed by atoms with Gasteiger partial charge in [0.15, 0.2) is 0 Å². The highest BCUT2D eigenvalue weighted by Crippen LogP contribution is 2.22. The number of aromatic nitrogens is 2. The van der Waals surface area contributed by atoms with Gasteiger partial charge in [0.2, 0.25) is 0 Å². The van der Waals surface area contributed by atoms with Crippen LogP contribution in [0.5, 0.6) is 5.75 Å². The minimum atomic E-state index is 0.360. The van der Waals surface area contributed by atoms with Crippen molar-refractivity contribution in [3.63, 3.8) is 0 Å². The minimum absolute atomic E-state index is 0.360. The second kappa shape index (κ2) is 7.27. The third kappa shape index (κ3) is 3.85. The van der Waals surface area contributed by atoms with Crippen molar-refractivity contribution in [2.24, 2.45) is 5.73 Å². The fraction of sp³-hybridized carbons (Fsp3) is 0.471. The molecular formula is C17H25N3O. The predicted molar refractivity (Wildman–Crippen MR) is 85.7 cm³/mol. The molecule has 0 aliphatic rings. The van der Waals surface area contributed by atoms with Gasteiger partial charge in [-0.25, -0.2) is 0 Å². The van der Waals surface area contributed by atoms with Crippen LogP contribution >= 0.6 is 0 Å². The van der Waals surface area contributed by atoms with E-state index in [9.17, 15) is 0 Å². The van der Waals surface area contributed by atoms with Crippen LogP contribution in [0.3, 0.4) is 0 Å². The van der Waals surface area contributed by atoms with E-state index in [4.69, 9.17) is 10.5 Å². The summed E-state index contributed by atoms with van der Waals surface area (Å²) in [5.41, 5.74) is 9.39. The van der Waals surface area contributed by atoms with E-state index in [1.165, 1.54) is 11.3 Å². The average Bonchev–Trinajstić information content (AvgIpc) is 2.78. The topological polar surface area (TPSA) is 53.1 Å². The van der Waals surface area contributed by atoms with Crippen LogP contribution in [0.2, 0.25) is 0 Å². The average molecular weight is 287 g/mol. The van der Waals surface area contributed by atoms with E-state index in [2.05, 4.69) is 30.6 Å². The molecule has 21 heavy (non-hydrogen) atoms. The van der Waals surface area contributed by atoms with Crippen molar-refractivity contribution in [2.75, 3.05) is 13.2 Å². The smallest absolute Gasteiger partial charge is 0.119 e. The largest absolute Gasteiger partial charge is 0.494 e. The van der Waals surface area contributed by atoms with Gasteiger partial charge in [-0.1, -0.05) is 25.1 Å². The zero-order chi connectivity index (χ0) is 15.2. The van der Waals surface area contributed by atoms with Gasteiger partial charge in [0.1, 0.15) is 5.75 Å². The number of rotatable bonds is 7. The molecule has 4 heteroatoms. The van der Waals surface area contributed by atoms with E-state index in [1.54, 1.807) is 0 Å². The first-order chi connectivity index (χ1) is 10.1. The van der Waals surface area contributed by atoms with Gasteiger partial charge in [0.05, 0.1) is 12.3 Å². The molecule has 0 aliphatic carbocycles. The lowest BCUT2D eigenvalue weighted by Crippen LogP contribution is -2.11. The Balaban J connectivity index is 1.89. The molecule has 0 saturated heterocycles. The highest BCUT2D eigenvalue weighted by atomic mass is 16.5. The van der Waals surface area contributed by atoms with Gasteiger partial charge < -0.3 is 10.5 Å². The lowest BCUT2D eigenvalue weighted by molar-refractivity contribution is 0.298. The fourth-order valence-corrected chi connectivity index (χ4v) is 2.68. The summed E-state index contributed by atoms with van der Waals surface area (Å²) in [6, 6.07) is 9.91. The summed E-state index contributed by atoms with van der Waals surface area (Å²) in [7, 11) is 0. The van der Waals surface area contributed by atoms with E-state index in [-0.39, 0.29) is 0 Å². The third-order valence-electron chi connectivity index (χ3n) is 3.81. The minimum Gasteiger partial charge on any atom is -0.494 e. The molecule has 0 bridgehead atoms. The first-order valence-corrected chi connectivity index (χ1v) is 7.55. The molecule has 2 N–H and O–H groups in total. The van der Waals surface area contributed by atoms with E-state index in [0.29, 0.717) is 19.1 Å². The first kappa shape index (κ1) is 15.6. The molecular weight excluding hydrogens is 262 g/mol. The second-order valence-electron chi connectivity index (χ2n) is 5.46. The van der Waals surface area contributed by atoms with E-state index >= 15 is 0 Å². The Kier molecular flexibility index (Phi) is 5.39. The first-order valence-electron chi connectivity index (χ1n) is 7.55. The monoisotopic (exact) mass is 287 g/mol. The van der Waals surface area contributed by atoms with Crippen molar-refractivity contribution in [2.45, 2.75) is 39.7 Å². The van der Waals surface area contributed by atoms with Crippen LogP contribution in [-0.2, 0) is 6.54 Å². The molecule has 0 fully saturated rings. The van der Waals surface area contributed by atoms with Gasteiger partial charge in [-0.3, -0.25) is 4.68 Å². The highest BCUT2D eigenvalue weighted by molar-refractivity contribution is 5.28. The number of nitrogens with zero attached hydrogens (tertiary/aromatic N) is 2. The molecule has 2 rings (SSSR count). The molecule has 1 atom stereocenters. The van der Waals surface area contributed by atoms with Crippen LogP contribution in [0.25, 0.3) is 0 Å². The number of ether oxygens (including phenoxy) is 1. The molecule has 0 amide bonds. The van der Waals surface area contributed by atoms with Crippen molar-refractivity contribution in [1.29, 1.82) is 0 Å². The van der Waals surface area contributed by atoms with Crippen LogP contribution < -0.4 is 10.5 Å². The second-order valence-corrected chi connectivity index (χ2v) is 5.46. The molecule has 0 saturated carbocycles. The van der Waals surface area contributed by atoms with E-state index < -0.39 is 0 Å². The standard InChI is InChI=1S/C17H25N3O/c1-13(12-18)17-14(2)19-20(15(17)3)10-7-11-21-16-8-5-4-6-9-16/h4-6,8-9,13H,7,10-12,18H2,1-3H3. The molecule has 2 aromatic rings. The number of hydrogen-bond donors (Lipinski definition) is 1. The summed E-state index contributed by atoms with van der Waals surface area (Å²) in [4.78, 5) is 0. The Bertz CT molecular complexity index is 563. The van der Waals surface area contributed by atoms with Crippen LogP contribution in [0.15, 0.2) is 30.3 Å². The number of aryl methyl sites for hydroxylation is 2. The van der Waals surface area contributed by atoms with Crippen molar-refractivity contribution in [3.8, 4) is 5.75 Å². The van der Waals surface area contributed by atoms with Gasteiger partial charge in [-0.05, 0) is 44.0 Å². The number of para-hydroxylation sites is 1. The molecule has 1 aromatic heterocycles. The summed E-state index contributed by atoms with van der Waals surface area (Å²) in [5.74, 6) is 1.28. The molecule has 1 heterocycles. The summed E-state index contributed by atoms with van der Waals surface area (Å²) in [5, 5.41) is 4.63. The SMILES string of the molecule is Cc1nn(CCCOc2ccccc2)c(C)c1C(C)CN. The van der Waals surface area contributed by atoms with Gasteiger partial charge in [0.25, 0.3) is 0 Å². The van der Waals surface area contributed by atoms with Crippen molar-refractivity contribution in [1.82, 2.24) is 9.78 Å². The zero-order valence-corrected chi connectivity index (χ0v) is 13.2. The van der Waals surface area contributed by atoms with E-state index in [0.717, 1.165) is 24.4 Å². The van der Waals surface area contributed by atoms with Crippen LogP contribution in [0.4, 0.5) is 0 Å². The predicted octanol–water partition coefficient (Wildman–Crippen LogP) is 3.03. The van der Waals surface area contributed by atoms with E-state index in [1.807, 2.05) is 30.3 Å². The van der Waals surface area contributed by atoms with Gasteiger partial charge in [-0.2, -0.15) is 5.10 Å². The molecule has 0 spiro atoms. The van der Waals surface area contributed by atoms with Gasteiger partial charge in [-0.15, -0.1) is 0 Å². The Hall–Kier alpha value is -1.81. The van der Waals surface area contributed by atoms with Gasteiger partial charge >= 0.3 is 0 Å². The lowest BCUT2D eigenvalue weighted by Gasteiger charge is -2.10. The Morgan fingerprint density at radius 1 is 1.24 bits per heavy atom. The zero-order valence-electron chi connectivity index (χ0n) is 13.2. The quantitative estimate of drug-likeness (QED) is 0.796. The van der Waals surface area contributed by atoms with Crippen LogP contribution in [0, 0.1) is 13.8 Å². The van der Waals surface area contributed by atoms with Crippen molar-refractivity contribution >= 4 is 0 Å². The maximum Gasteiger partial charge on any atom is 0.119 e. The number of nitrogens with two attached hydrogens (primary N) is 1. The Morgan fingerprint density at radius 2 is 1.95 bits per heavy atom. The van der Waals surface area contributed by atoms with Gasteiger partial charge in [0, 0.05) is 18.7 Å². The maximum atomic E-state index is 5.78.